The van der Waals surface area contributed by atoms with E-state index in [1.165, 1.54) is 5.56 Å². The van der Waals surface area contributed by atoms with Crippen LogP contribution in [0.25, 0.3) is 0 Å². The number of hydrogen-bond donors (Lipinski definition) is 3. The maximum Gasteiger partial charge on any atom is 0.326 e. The zero-order valence-electron chi connectivity index (χ0n) is 22.8. The molecule has 0 spiro atoms. The number of pyridine rings is 1. The molecule has 38 heavy (non-hydrogen) atoms. The minimum absolute atomic E-state index is 0.325. The van der Waals surface area contributed by atoms with Gasteiger partial charge in [-0.2, -0.15) is 0 Å². The number of para-hydroxylation sites is 1. The number of ether oxygens (including phenoxy) is 1. The number of unbranched alkanes of at least 4 members (excludes halogenated alkanes) is 1. The first-order valence-electron chi connectivity index (χ1n) is 13.9. The van der Waals surface area contributed by atoms with Gasteiger partial charge in [-0.1, -0.05) is 24.3 Å². The van der Waals surface area contributed by atoms with Crippen LogP contribution < -0.4 is 15.4 Å². The Labute approximate surface area is 226 Å². The fourth-order valence-corrected chi connectivity index (χ4v) is 4.61. The normalized spacial score (nSPS) is 13.3. The van der Waals surface area contributed by atoms with Gasteiger partial charge in [0.2, 0.25) is 0 Å². The van der Waals surface area contributed by atoms with E-state index in [0.717, 1.165) is 62.5 Å². The number of fused-ring (bicyclic) bond motifs is 1. The van der Waals surface area contributed by atoms with Crippen molar-refractivity contribution in [1.82, 2.24) is 20.1 Å². The van der Waals surface area contributed by atoms with Gasteiger partial charge in [0.05, 0.1) is 0 Å². The van der Waals surface area contributed by atoms with Gasteiger partial charge in [-0.3, -0.25) is 4.90 Å². The molecule has 0 saturated heterocycles. The molecule has 9 heteroatoms. The zero-order chi connectivity index (χ0) is 27.2. The number of anilines is 1. The summed E-state index contributed by atoms with van der Waals surface area (Å²) < 4.78 is 5.89. The average Bonchev–Trinajstić information content (AvgIpc) is 2.93. The lowest BCUT2D eigenvalue weighted by atomic mass is 10.1. The van der Waals surface area contributed by atoms with Crippen LogP contribution >= 0.6 is 0 Å². The minimum Gasteiger partial charge on any atom is -0.492 e. The molecule has 0 radical (unpaired) electrons. The van der Waals surface area contributed by atoms with Gasteiger partial charge >= 0.3 is 12.0 Å². The average molecular weight is 526 g/mol. The SMILES string of the molecule is CCN(CC)C(=O)NC(CCN(CCCCc1ccc2c(n1)NCCC2)CCOc1ccccc1)C(=O)O. The first-order valence-corrected chi connectivity index (χ1v) is 13.9. The van der Waals surface area contributed by atoms with E-state index in [2.05, 4.69) is 27.7 Å². The number of carboxylic acids is 1. The van der Waals surface area contributed by atoms with Crippen molar-refractivity contribution in [2.45, 2.75) is 58.4 Å². The highest BCUT2D eigenvalue weighted by Gasteiger charge is 2.23. The van der Waals surface area contributed by atoms with E-state index in [-0.39, 0.29) is 6.03 Å². The van der Waals surface area contributed by atoms with Gasteiger partial charge in [0.15, 0.2) is 0 Å². The standard InChI is InChI=1S/C29H43N5O4/c1-3-34(4-2)29(37)32-26(28(35)36)17-20-33(21-22-38-25-13-6-5-7-14-25)19-9-8-12-24-16-15-23-11-10-18-30-27(23)31-24/h5-7,13-16,26H,3-4,8-12,17-22H2,1-2H3,(H,30,31)(H,32,37)(H,35,36). The van der Waals surface area contributed by atoms with Crippen molar-refractivity contribution in [1.29, 1.82) is 0 Å². The van der Waals surface area contributed by atoms with Gasteiger partial charge in [-0.05, 0) is 82.7 Å². The molecule has 1 aliphatic rings. The van der Waals surface area contributed by atoms with Gasteiger partial charge < -0.3 is 25.4 Å². The molecule has 1 unspecified atom stereocenters. The molecule has 0 aliphatic carbocycles. The van der Waals surface area contributed by atoms with Crippen LogP contribution in [-0.4, -0.2) is 83.8 Å². The Morgan fingerprint density at radius 2 is 1.87 bits per heavy atom. The molecular formula is C29H43N5O4. The molecule has 1 atom stereocenters. The van der Waals surface area contributed by atoms with Crippen molar-refractivity contribution >= 4 is 17.8 Å². The van der Waals surface area contributed by atoms with Crippen LogP contribution in [0.3, 0.4) is 0 Å². The van der Waals surface area contributed by atoms with E-state index < -0.39 is 12.0 Å². The number of nitrogens with one attached hydrogen (secondary N) is 2. The molecule has 0 bridgehead atoms. The van der Waals surface area contributed by atoms with Crippen LogP contribution in [0.4, 0.5) is 10.6 Å². The van der Waals surface area contributed by atoms with E-state index in [9.17, 15) is 14.7 Å². The van der Waals surface area contributed by atoms with Crippen molar-refractivity contribution in [3.63, 3.8) is 0 Å². The van der Waals surface area contributed by atoms with E-state index >= 15 is 0 Å². The summed E-state index contributed by atoms with van der Waals surface area (Å²) in [6.45, 7) is 8.35. The number of carbonyl (C=O) groups excluding carboxylic acids is 1. The molecule has 3 rings (SSSR count). The topological polar surface area (TPSA) is 107 Å². The maximum absolute atomic E-state index is 12.4. The third-order valence-electron chi connectivity index (χ3n) is 6.91. The van der Waals surface area contributed by atoms with Gasteiger partial charge in [-0.25, -0.2) is 14.6 Å². The van der Waals surface area contributed by atoms with Gasteiger partial charge in [0.25, 0.3) is 0 Å². The summed E-state index contributed by atoms with van der Waals surface area (Å²) in [5.74, 6) is 0.826. The second-order valence-corrected chi connectivity index (χ2v) is 9.60. The Balaban J connectivity index is 1.52. The molecule has 2 amide bonds. The second-order valence-electron chi connectivity index (χ2n) is 9.60. The summed E-state index contributed by atoms with van der Waals surface area (Å²) in [4.78, 5) is 32.9. The summed E-state index contributed by atoms with van der Waals surface area (Å²) in [7, 11) is 0. The van der Waals surface area contributed by atoms with Gasteiger partial charge in [0.1, 0.15) is 24.2 Å². The summed E-state index contributed by atoms with van der Waals surface area (Å²) in [5, 5.41) is 15.8. The van der Waals surface area contributed by atoms with Crippen molar-refractivity contribution in [2.24, 2.45) is 0 Å². The first-order chi connectivity index (χ1) is 18.5. The molecule has 208 valence electrons. The second kappa shape index (κ2) is 15.8. The number of benzene rings is 1. The molecule has 0 fully saturated rings. The highest BCUT2D eigenvalue weighted by Crippen LogP contribution is 2.20. The molecule has 3 N–H and O–H groups in total. The van der Waals surface area contributed by atoms with E-state index in [1.54, 1.807) is 4.90 Å². The van der Waals surface area contributed by atoms with Gasteiger partial charge in [0, 0.05) is 38.4 Å². The molecule has 0 saturated carbocycles. The highest BCUT2D eigenvalue weighted by atomic mass is 16.5. The lowest BCUT2D eigenvalue weighted by Gasteiger charge is -2.26. The van der Waals surface area contributed by atoms with E-state index in [1.807, 2.05) is 44.2 Å². The van der Waals surface area contributed by atoms with E-state index in [4.69, 9.17) is 9.72 Å². The Morgan fingerprint density at radius 3 is 2.61 bits per heavy atom. The van der Waals surface area contributed by atoms with Crippen LogP contribution in [0.5, 0.6) is 5.75 Å². The molecule has 1 aliphatic heterocycles. The monoisotopic (exact) mass is 525 g/mol. The summed E-state index contributed by atoms with van der Waals surface area (Å²) >= 11 is 0. The Bertz CT molecular complexity index is 1000. The Kier molecular flexibility index (Phi) is 12.2. The van der Waals surface area contributed by atoms with Gasteiger partial charge in [-0.15, -0.1) is 0 Å². The number of rotatable bonds is 16. The third-order valence-corrected chi connectivity index (χ3v) is 6.91. The number of aryl methyl sites for hydroxylation is 2. The van der Waals surface area contributed by atoms with Crippen molar-refractivity contribution in [3.05, 3.63) is 53.7 Å². The molecule has 2 heterocycles. The fourth-order valence-electron chi connectivity index (χ4n) is 4.61. The number of aliphatic carboxylic acids is 1. The number of aromatic nitrogens is 1. The number of amides is 2. The summed E-state index contributed by atoms with van der Waals surface area (Å²) in [6.07, 6.45) is 5.42. The number of carbonyl (C=O) groups is 2. The molecule has 9 nitrogen and oxygen atoms in total. The lowest BCUT2D eigenvalue weighted by molar-refractivity contribution is -0.139. The summed E-state index contributed by atoms with van der Waals surface area (Å²) in [5.41, 5.74) is 2.40. The minimum atomic E-state index is -1.02. The van der Waals surface area contributed by atoms with E-state index in [0.29, 0.717) is 39.2 Å². The molecule has 2 aromatic rings. The number of carboxylic acid groups (broad SMARTS) is 1. The largest absolute Gasteiger partial charge is 0.492 e. The Morgan fingerprint density at radius 1 is 1.08 bits per heavy atom. The smallest absolute Gasteiger partial charge is 0.326 e. The van der Waals surface area contributed by atoms with Crippen molar-refractivity contribution in [3.8, 4) is 5.75 Å². The summed E-state index contributed by atoms with van der Waals surface area (Å²) in [6, 6.07) is 12.7. The quantitative estimate of drug-likeness (QED) is 0.284. The molecular weight excluding hydrogens is 482 g/mol. The highest BCUT2D eigenvalue weighted by molar-refractivity contribution is 5.82. The number of urea groups is 1. The van der Waals surface area contributed by atoms with Crippen LogP contribution in [0.15, 0.2) is 42.5 Å². The molecule has 1 aromatic heterocycles. The van der Waals surface area contributed by atoms with Crippen LogP contribution in [0, 0.1) is 0 Å². The predicted molar refractivity (Wildman–Crippen MR) is 150 cm³/mol. The lowest BCUT2D eigenvalue weighted by Crippen LogP contribution is -2.49. The van der Waals surface area contributed by atoms with Crippen LogP contribution in [0.2, 0.25) is 0 Å². The Hall–Kier alpha value is -3.33. The third kappa shape index (κ3) is 9.52. The number of hydrogen-bond acceptors (Lipinski definition) is 6. The fraction of sp³-hybridized carbons (Fsp3) is 0.552. The van der Waals surface area contributed by atoms with Crippen LogP contribution in [-0.2, 0) is 17.6 Å². The first kappa shape index (κ1) is 29.2. The molecule has 1 aromatic carbocycles. The zero-order valence-corrected chi connectivity index (χ0v) is 22.8. The van der Waals surface area contributed by atoms with Crippen molar-refractivity contribution < 1.29 is 19.4 Å². The maximum atomic E-state index is 12.4. The van der Waals surface area contributed by atoms with Crippen LogP contribution in [0.1, 0.15) is 50.8 Å². The van der Waals surface area contributed by atoms with Crippen molar-refractivity contribution in [2.75, 3.05) is 51.2 Å². The predicted octanol–water partition coefficient (Wildman–Crippen LogP) is 4.04. The number of nitrogens with zero attached hydrogens (tertiary/aromatic N) is 3.